The third kappa shape index (κ3) is 3.35. The Kier molecular flexibility index (Phi) is 5.10. The summed E-state index contributed by atoms with van der Waals surface area (Å²) in [6.07, 6.45) is 2.09. The van der Waals surface area contributed by atoms with Crippen molar-refractivity contribution >= 4 is 17.4 Å². The standard InChI is InChI=1S/C17H22N2S/c1-13-4-8-15(9-5-13)19(2)17(12-18)14-6-10-16(20-3)11-7-14/h4-11,17H,12,18H2,1-3H3. The number of hydrogen-bond acceptors (Lipinski definition) is 3. The minimum atomic E-state index is 0.202. The fourth-order valence-corrected chi connectivity index (χ4v) is 2.71. The monoisotopic (exact) mass is 286 g/mol. The van der Waals surface area contributed by atoms with Crippen molar-refractivity contribution in [1.82, 2.24) is 0 Å². The zero-order valence-electron chi connectivity index (χ0n) is 12.3. The maximum atomic E-state index is 6.00. The minimum Gasteiger partial charge on any atom is -0.366 e. The average Bonchev–Trinajstić information content (AvgIpc) is 2.49. The number of rotatable bonds is 5. The van der Waals surface area contributed by atoms with Crippen LogP contribution in [0.25, 0.3) is 0 Å². The Balaban J connectivity index is 2.23. The zero-order chi connectivity index (χ0) is 14.5. The first-order valence-corrected chi connectivity index (χ1v) is 8.01. The van der Waals surface area contributed by atoms with E-state index in [9.17, 15) is 0 Å². The molecule has 0 bridgehead atoms. The molecule has 2 nitrogen and oxygen atoms in total. The molecule has 2 aromatic rings. The molecule has 0 heterocycles. The number of anilines is 1. The number of thioether (sulfide) groups is 1. The molecule has 2 N–H and O–H groups in total. The molecule has 1 unspecified atom stereocenters. The molecule has 2 rings (SSSR count). The second-order valence-corrected chi connectivity index (χ2v) is 5.85. The van der Waals surface area contributed by atoms with Crippen LogP contribution in [0.15, 0.2) is 53.4 Å². The van der Waals surface area contributed by atoms with Crippen molar-refractivity contribution < 1.29 is 0 Å². The van der Waals surface area contributed by atoms with E-state index in [1.807, 2.05) is 0 Å². The third-order valence-electron chi connectivity index (χ3n) is 3.63. The lowest BCUT2D eigenvalue weighted by Crippen LogP contribution is -2.30. The highest BCUT2D eigenvalue weighted by Crippen LogP contribution is 2.26. The summed E-state index contributed by atoms with van der Waals surface area (Å²) in [7, 11) is 2.10. The maximum absolute atomic E-state index is 6.00. The van der Waals surface area contributed by atoms with Crippen LogP contribution in [0.1, 0.15) is 17.2 Å². The van der Waals surface area contributed by atoms with Crippen molar-refractivity contribution in [2.45, 2.75) is 17.9 Å². The van der Waals surface area contributed by atoms with Crippen LogP contribution in [0, 0.1) is 6.92 Å². The molecule has 20 heavy (non-hydrogen) atoms. The molecule has 0 radical (unpaired) electrons. The summed E-state index contributed by atoms with van der Waals surface area (Å²) < 4.78 is 0. The van der Waals surface area contributed by atoms with Crippen molar-refractivity contribution in [3.05, 3.63) is 59.7 Å². The quantitative estimate of drug-likeness (QED) is 0.846. The van der Waals surface area contributed by atoms with Gasteiger partial charge in [0.2, 0.25) is 0 Å². The number of nitrogens with zero attached hydrogens (tertiary/aromatic N) is 1. The third-order valence-corrected chi connectivity index (χ3v) is 4.38. The Morgan fingerprint density at radius 3 is 2.15 bits per heavy atom. The van der Waals surface area contributed by atoms with Gasteiger partial charge < -0.3 is 10.6 Å². The number of aryl methyl sites for hydroxylation is 1. The second kappa shape index (κ2) is 6.82. The van der Waals surface area contributed by atoms with Crippen LogP contribution in [0.4, 0.5) is 5.69 Å². The Bertz CT molecular complexity index is 534. The molecule has 0 aliphatic rings. The van der Waals surface area contributed by atoms with E-state index in [0.29, 0.717) is 6.54 Å². The highest BCUT2D eigenvalue weighted by molar-refractivity contribution is 7.98. The first kappa shape index (κ1) is 14.9. The van der Waals surface area contributed by atoms with Gasteiger partial charge in [0.25, 0.3) is 0 Å². The summed E-state index contributed by atoms with van der Waals surface area (Å²) in [4.78, 5) is 3.52. The number of benzene rings is 2. The van der Waals surface area contributed by atoms with Crippen LogP contribution in [-0.2, 0) is 0 Å². The SMILES string of the molecule is CSc1ccc(C(CN)N(C)c2ccc(C)cc2)cc1. The van der Waals surface area contributed by atoms with Gasteiger partial charge in [0.1, 0.15) is 0 Å². The van der Waals surface area contributed by atoms with Gasteiger partial charge >= 0.3 is 0 Å². The first-order valence-electron chi connectivity index (χ1n) is 6.79. The van der Waals surface area contributed by atoms with E-state index in [1.165, 1.54) is 21.7 Å². The smallest absolute Gasteiger partial charge is 0.0661 e. The molecule has 0 aliphatic carbocycles. The van der Waals surface area contributed by atoms with E-state index in [4.69, 9.17) is 5.73 Å². The molecular weight excluding hydrogens is 264 g/mol. The molecule has 0 saturated heterocycles. The molecule has 0 spiro atoms. The predicted molar refractivity (Wildman–Crippen MR) is 89.6 cm³/mol. The average molecular weight is 286 g/mol. The van der Waals surface area contributed by atoms with E-state index in [2.05, 4.69) is 73.7 Å². The van der Waals surface area contributed by atoms with Crippen LogP contribution in [0.5, 0.6) is 0 Å². The molecule has 2 aromatic carbocycles. The summed E-state index contributed by atoms with van der Waals surface area (Å²) in [5.74, 6) is 0. The fraction of sp³-hybridized carbons (Fsp3) is 0.294. The molecule has 0 aromatic heterocycles. The number of nitrogens with two attached hydrogens (primary N) is 1. The molecule has 106 valence electrons. The molecule has 1 atom stereocenters. The largest absolute Gasteiger partial charge is 0.366 e. The van der Waals surface area contributed by atoms with E-state index in [0.717, 1.165) is 0 Å². The summed E-state index contributed by atoms with van der Waals surface area (Å²) >= 11 is 1.76. The normalized spacial score (nSPS) is 12.2. The van der Waals surface area contributed by atoms with Gasteiger partial charge in [-0.3, -0.25) is 0 Å². The van der Waals surface area contributed by atoms with Gasteiger partial charge in [-0.1, -0.05) is 29.8 Å². The fourth-order valence-electron chi connectivity index (χ4n) is 2.30. The lowest BCUT2D eigenvalue weighted by Gasteiger charge is -2.29. The Labute approximate surface area is 126 Å². The van der Waals surface area contributed by atoms with E-state index in [1.54, 1.807) is 11.8 Å². The number of likely N-dealkylation sites (N-methyl/N-ethyl adjacent to an activating group) is 1. The van der Waals surface area contributed by atoms with Gasteiger partial charge in [0.15, 0.2) is 0 Å². The van der Waals surface area contributed by atoms with Crippen LogP contribution in [0.3, 0.4) is 0 Å². The van der Waals surface area contributed by atoms with E-state index < -0.39 is 0 Å². The molecule has 0 amide bonds. The minimum absolute atomic E-state index is 0.202. The van der Waals surface area contributed by atoms with Gasteiger partial charge in [-0.2, -0.15) is 0 Å². The van der Waals surface area contributed by atoms with Gasteiger partial charge in [-0.05, 0) is 43.0 Å². The van der Waals surface area contributed by atoms with Gasteiger partial charge in [0, 0.05) is 24.2 Å². The van der Waals surface area contributed by atoms with Crippen LogP contribution < -0.4 is 10.6 Å². The summed E-state index contributed by atoms with van der Waals surface area (Å²) in [5, 5.41) is 0. The van der Waals surface area contributed by atoms with E-state index >= 15 is 0 Å². The topological polar surface area (TPSA) is 29.3 Å². The van der Waals surface area contributed by atoms with Gasteiger partial charge in [0.05, 0.1) is 6.04 Å². The molecular formula is C17H22N2S. The number of hydrogen-bond donors (Lipinski definition) is 1. The maximum Gasteiger partial charge on any atom is 0.0661 e. The van der Waals surface area contributed by atoms with E-state index in [-0.39, 0.29) is 6.04 Å². The van der Waals surface area contributed by atoms with Crippen LogP contribution >= 0.6 is 11.8 Å². The van der Waals surface area contributed by atoms with Gasteiger partial charge in [-0.25, -0.2) is 0 Å². The predicted octanol–water partition coefficient (Wildman–Crippen LogP) is 3.85. The molecule has 0 aliphatic heterocycles. The van der Waals surface area contributed by atoms with Crippen molar-refractivity contribution in [2.75, 3.05) is 24.7 Å². The summed E-state index contributed by atoms with van der Waals surface area (Å²) in [6.45, 7) is 2.70. The lowest BCUT2D eigenvalue weighted by molar-refractivity contribution is 0.680. The lowest BCUT2D eigenvalue weighted by atomic mass is 10.0. The highest BCUT2D eigenvalue weighted by atomic mass is 32.2. The first-order chi connectivity index (χ1) is 9.65. The van der Waals surface area contributed by atoms with Crippen molar-refractivity contribution in [3.8, 4) is 0 Å². The van der Waals surface area contributed by atoms with Crippen molar-refractivity contribution in [3.63, 3.8) is 0 Å². The van der Waals surface area contributed by atoms with Gasteiger partial charge in [-0.15, -0.1) is 11.8 Å². The molecule has 0 fully saturated rings. The summed E-state index contributed by atoms with van der Waals surface area (Å²) in [6, 6.07) is 17.4. The molecule has 0 saturated carbocycles. The van der Waals surface area contributed by atoms with Crippen LogP contribution in [0.2, 0.25) is 0 Å². The van der Waals surface area contributed by atoms with Crippen LogP contribution in [-0.4, -0.2) is 19.8 Å². The highest BCUT2D eigenvalue weighted by Gasteiger charge is 2.15. The second-order valence-electron chi connectivity index (χ2n) is 4.97. The van der Waals surface area contributed by atoms with Crippen molar-refractivity contribution in [2.24, 2.45) is 5.73 Å². The molecule has 3 heteroatoms. The Morgan fingerprint density at radius 2 is 1.65 bits per heavy atom. The Hall–Kier alpha value is -1.45. The van der Waals surface area contributed by atoms with Crippen molar-refractivity contribution in [1.29, 1.82) is 0 Å². The Morgan fingerprint density at radius 1 is 1.05 bits per heavy atom. The summed E-state index contributed by atoms with van der Waals surface area (Å²) in [5.41, 5.74) is 9.72. The zero-order valence-corrected chi connectivity index (χ0v) is 13.2.